The lowest BCUT2D eigenvalue weighted by Crippen LogP contribution is -2.28. The summed E-state index contributed by atoms with van der Waals surface area (Å²) in [4.78, 5) is 11.9. The van der Waals surface area contributed by atoms with Gasteiger partial charge in [0.2, 0.25) is 0 Å². The lowest BCUT2D eigenvalue weighted by Gasteiger charge is -2.04. The number of nitrogens with two attached hydrogens (primary N) is 1. The number of thiophene rings is 1. The second kappa shape index (κ2) is 4.23. The van der Waals surface area contributed by atoms with Crippen molar-refractivity contribution in [2.45, 2.75) is 19.6 Å². The van der Waals surface area contributed by atoms with Crippen molar-refractivity contribution in [2.24, 2.45) is 5.73 Å². The zero-order chi connectivity index (χ0) is 8.97. The van der Waals surface area contributed by atoms with Gasteiger partial charge in [0.05, 0.1) is 0 Å². The topological polar surface area (TPSA) is 52.3 Å². The van der Waals surface area contributed by atoms with Gasteiger partial charge >= 0.3 is 5.97 Å². The standard InChI is InChI=1S/C8H11NO2S/c1-6(9)8(10)11-5-7-3-2-4-12-7/h2-4,6H,5,9H2,1H3. The van der Waals surface area contributed by atoms with E-state index in [1.807, 2.05) is 17.5 Å². The molecule has 0 aromatic carbocycles. The molecule has 1 unspecified atom stereocenters. The molecule has 3 nitrogen and oxygen atoms in total. The van der Waals surface area contributed by atoms with Crippen molar-refractivity contribution in [1.82, 2.24) is 0 Å². The minimum Gasteiger partial charge on any atom is -0.459 e. The molecule has 66 valence electrons. The van der Waals surface area contributed by atoms with Crippen LogP contribution in [0.1, 0.15) is 11.8 Å². The molecule has 4 heteroatoms. The molecule has 0 saturated carbocycles. The number of esters is 1. The summed E-state index contributed by atoms with van der Waals surface area (Å²) in [6.07, 6.45) is 0. The Balaban J connectivity index is 2.32. The van der Waals surface area contributed by atoms with Gasteiger partial charge in [-0.1, -0.05) is 6.07 Å². The Morgan fingerprint density at radius 3 is 3.08 bits per heavy atom. The van der Waals surface area contributed by atoms with Gasteiger partial charge in [0.1, 0.15) is 12.6 Å². The van der Waals surface area contributed by atoms with Crippen LogP contribution in [0.5, 0.6) is 0 Å². The minimum atomic E-state index is -0.537. The lowest BCUT2D eigenvalue weighted by atomic mass is 10.4. The Morgan fingerprint density at radius 1 is 1.83 bits per heavy atom. The molecular formula is C8H11NO2S. The van der Waals surface area contributed by atoms with Crippen LogP contribution in [0.15, 0.2) is 17.5 Å². The average molecular weight is 185 g/mol. The molecule has 0 amide bonds. The van der Waals surface area contributed by atoms with Gasteiger partial charge in [0, 0.05) is 4.88 Å². The van der Waals surface area contributed by atoms with Crippen molar-refractivity contribution in [3.05, 3.63) is 22.4 Å². The maximum atomic E-state index is 10.9. The van der Waals surface area contributed by atoms with Crippen LogP contribution < -0.4 is 5.73 Å². The highest BCUT2D eigenvalue weighted by Gasteiger charge is 2.08. The van der Waals surface area contributed by atoms with Crippen LogP contribution in [0, 0.1) is 0 Å². The number of ether oxygens (including phenoxy) is 1. The largest absolute Gasteiger partial charge is 0.459 e. The zero-order valence-corrected chi connectivity index (χ0v) is 7.64. The van der Waals surface area contributed by atoms with Gasteiger partial charge in [0.25, 0.3) is 0 Å². The fraction of sp³-hybridized carbons (Fsp3) is 0.375. The Bertz CT molecular complexity index is 244. The van der Waals surface area contributed by atoms with Crippen LogP contribution in [-0.2, 0) is 16.1 Å². The first-order valence-electron chi connectivity index (χ1n) is 3.65. The van der Waals surface area contributed by atoms with E-state index < -0.39 is 6.04 Å². The SMILES string of the molecule is CC(N)C(=O)OCc1cccs1. The van der Waals surface area contributed by atoms with Gasteiger partial charge in [0.15, 0.2) is 0 Å². The van der Waals surface area contributed by atoms with Gasteiger partial charge in [-0.3, -0.25) is 4.79 Å². The summed E-state index contributed by atoms with van der Waals surface area (Å²) < 4.78 is 4.89. The van der Waals surface area contributed by atoms with E-state index >= 15 is 0 Å². The number of hydrogen-bond acceptors (Lipinski definition) is 4. The molecule has 0 spiro atoms. The van der Waals surface area contributed by atoms with Crippen molar-refractivity contribution in [1.29, 1.82) is 0 Å². The van der Waals surface area contributed by atoms with Crippen LogP contribution in [0.25, 0.3) is 0 Å². The van der Waals surface area contributed by atoms with Crippen molar-refractivity contribution in [3.63, 3.8) is 0 Å². The zero-order valence-electron chi connectivity index (χ0n) is 6.82. The van der Waals surface area contributed by atoms with Gasteiger partial charge in [-0.05, 0) is 18.4 Å². The first-order chi connectivity index (χ1) is 5.70. The highest BCUT2D eigenvalue weighted by molar-refractivity contribution is 7.09. The fourth-order valence-electron chi connectivity index (χ4n) is 0.668. The molecule has 0 bridgehead atoms. The van der Waals surface area contributed by atoms with E-state index in [9.17, 15) is 4.79 Å². The number of rotatable bonds is 3. The van der Waals surface area contributed by atoms with E-state index in [4.69, 9.17) is 10.5 Å². The number of carbonyl (C=O) groups is 1. The normalized spacial score (nSPS) is 12.5. The van der Waals surface area contributed by atoms with E-state index in [1.54, 1.807) is 18.3 Å². The molecule has 0 fully saturated rings. The summed E-state index contributed by atoms with van der Waals surface area (Å²) in [5.74, 6) is -0.358. The van der Waals surface area contributed by atoms with E-state index in [0.717, 1.165) is 4.88 Å². The summed E-state index contributed by atoms with van der Waals surface area (Å²) in [5.41, 5.74) is 5.30. The summed E-state index contributed by atoms with van der Waals surface area (Å²) in [6, 6.07) is 3.30. The van der Waals surface area contributed by atoms with Crippen molar-refractivity contribution >= 4 is 17.3 Å². The molecule has 1 aromatic heterocycles. The first kappa shape index (κ1) is 9.22. The minimum absolute atomic E-state index is 0.331. The molecule has 1 rings (SSSR count). The molecule has 0 aliphatic carbocycles. The molecule has 1 aromatic rings. The summed E-state index contributed by atoms with van der Waals surface area (Å²) in [7, 11) is 0. The molecule has 1 atom stereocenters. The third kappa shape index (κ3) is 2.64. The molecule has 0 aliphatic heterocycles. The quantitative estimate of drug-likeness (QED) is 0.718. The lowest BCUT2D eigenvalue weighted by molar-refractivity contribution is -0.145. The molecular weight excluding hydrogens is 174 g/mol. The number of hydrogen-bond donors (Lipinski definition) is 1. The van der Waals surface area contributed by atoms with Gasteiger partial charge in [-0.2, -0.15) is 0 Å². The van der Waals surface area contributed by atoms with Crippen LogP contribution >= 0.6 is 11.3 Å². The van der Waals surface area contributed by atoms with E-state index in [0.29, 0.717) is 6.61 Å². The molecule has 0 radical (unpaired) electrons. The van der Waals surface area contributed by atoms with E-state index in [-0.39, 0.29) is 5.97 Å². The van der Waals surface area contributed by atoms with Gasteiger partial charge < -0.3 is 10.5 Å². The van der Waals surface area contributed by atoms with Gasteiger partial charge in [-0.15, -0.1) is 11.3 Å². The molecule has 1 heterocycles. The Hall–Kier alpha value is -0.870. The van der Waals surface area contributed by atoms with Crippen LogP contribution in [-0.4, -0.2) is 12.0 Å². The summed E-state index contributed by atoms with van der Waals surface area (Å²) >= 11 is 1.56. The van der Waals surface area contributed by atoms with Crippen LogP contribution in [0.3, 0.4) is 0 Å². The highest BCUT2D eigenvalue weighted by Crippen LogP contribution is 2.09. The van der Waals surface area contributed by atoms with Gasteiger partial charge in [-0.25, -0.2) is 0 Å². The van der Waals surface area contributed by atoms with Crippen LogP contribution in [0.2, 0.25) is 0 Å². The summed E-state index contributed by atoms with van der Waals surface area (Å²) in [5, 5.41) is 1.94. The summed E-state index contributed by atoms with van der Waals surface area (Å²) in [6.45, 7) is 1.94. The van der Waals surface area contributed by atoms with E-state index in [2.05, 4.69) is 0 Å². The Kier molecular flexibility index (Phi) is 3.25. The predicted molar refractivity (Wildman–Crippen MR) is 47.8 cm³/mol. The second-order valence-electron chi connectivity index (χ2n) is 2.48. The first-order valence-corrected chi connectivity index (χ1v) is 4.52. The van der Waals surface area contributed by atoms with Crippen molar-refractivity contribution in [2.75, 3.05) is 0 Å². The molecule has 2 N–H and O–H groups in total. The van der Waals surface area contributed by atoms with Crippen molar-refractivity contribution < 1.29 is 9.53 Å². The molecule has 0 saturated heterocycles. The third-order valence-corrected chi connectivity index (χ3v) is 2.16. The third-order valence-electron chi connectivity index (χ3n) is 1.31. The Morgan fingerprint density at radius 2 is 2.58 bits per heavy atom. The highest BCUT2D eigenvalue weighted by atomic mass is 32.1. The Labute approximate surface area is 75.1 Å². The monoisotopic (exact) mass is 185 g/mol. The smallest absolute Gasteiger partial charge is 0.322 e. The molecule has 12 heavy (non-hydrogen) atoms. The molecule has 0 aliphatic rings. The maximum absolute atomic E-state index is 10.9. The second-order valence-corrected chi connectivity index (χ2v) is 3.51. The van der Waals surface area contributed by atoms with Crippen LogP contribution in [0.4, 0.5) is 0 Å². The van der Waals surface area contributed by atoms with E-state index in [1.165, 1.54) is 0 Å². The van der Waals surface area contributed by atoms with Crippen molar-refractivity contribution in [3.8, 4) is 0 Å². The predicted octanol–water partition coefficient (Wildman–Crippen LogP) is 1.14. The maximum Gasteiger partial charge on any atom is 0.322 e. The number of carbonyl (C=O) groups excluding carboxylic acids is 1. The average Bonchev–Trinajstić information content (AvgIpc) is 2.51. The fourth-order valence-corrected chi connectivity index (χ4v) is 1.28.